The fraction of sp³-hybridized carbons (Fsp3) is 0.231. The Morgan fingerprint density at radius 2 is 0.947 bits per heavy atom. The van der Waals surface area contributed by atoms with E-state index in [4.69, 9.17) is 9.47 Å². The molecular formula is C52H52F2N10O10S2. The van der Waals surface area contributed by atoms with Crippen LogP contribution in [0.15, 0.2) is 129 Å². The number of benzene rings is 4. The molecule has 0 bridgehead atoms. The van der Waals surface area contributed by atoms with E-state index in [1.54, 1.807) is 50.2 Å². The molecule has 4 N–H and O–H groups in total. The number of nitrogens with one attached hydrogen (secondary N) is 4. The molecule has 76 heavy (non-hydrogen) atoms. The van der Waals surface area contributed by atoms with Gasteiger partial charge in [-0.2, -0.15) is 0 Å². The monoisotopic (exact) mass is 1080 g/mol. The fourth-order valence-corrected chi connectivity index (χ4v) is 10.1. The van der Waals surface area contributed by atoms with Gasteiger partial charge in [0, 0.05) is 50.7 Å². The number of sulfonamides is 2. The quantitative estimate of drug-likeness (QED) is 0.0841. The van der Waals surface area contributed by atoms with Crippen LogP contribution in [0.2, 0.25) is 0 Å². The van der Waals surface area contributed by atoms with E-state index in [9.17, 15) is 44.8 Å². The Bertz CT molecular complexity index is 3660. The number of halogens is 2. The summed E-state index contributed by atoms with van der Waals surface area (Å²) >= 11 is 0. The number of anilines is 2. The van der Waals surface area contributed by atoms with Crippen LogP contribution in [0.1, 0.15) is 25.0 Å². The molecule has 4 aromatic heterocycles. The van der Waals surface area contributed by atoms with Gasteiger partial charge in [-0.3, -0.25) is 37.8 Å². The molecule has 2 amide bonds. The summed E-state index contributed by atoms with van der Waals surface area (Å²) in [6.45, 7) is 6.68. The molecule has 8 rings (SSSR count). The topological polar surface area (TPSA) is 265 Å². The molecule has 0 fully saturated rings. The molecule has 0 saturated carbocycles. The van der Waals surface area contributed by atoms with Gasteiger partial charge in [0.1, 0.15) is 23.0 Å². The molecule has 0 saturated heterocycles. The summed E-state index contributed by atoms with van der Waals surface area (Å²) < 4.78 is 97.4. The number of carbonyl (C=O) groups is 2. The van der Waals surface area contributed by atoms with Crippen molar-refractivity contribution in [2.24, 2.45) is 11.8 Å². The number of nitrogens with zero attached hydrogens (tertiary/aromatic N) is 6. The standard InChI is InChI=1S/2C26H26FN5O5S/c2*1-15-9-19(6-7-21(15)27)38(35,36)31-23-11-18(12-29-25(23)37-4)17-5-8-22-20(10-17)26(34)32(14-30-22)13-16(2)24(33)28-3/h2*5-12,14,16,31H,13H2,1-4H3,(H,28,33)/t2*16-/m10/s1. The third kappa shape index (κ3) is 12.1. The third-order valence-corrected chi connectivity index (χ3v) is 14.8. The van der Waals surface area contributed by atoms with E-state index in [1.807, 2.05) is 0 Å². The van der Waals surface area contributed by atoms with E-state index in [0.717, 1.165) is 12.1 Å². The number of fused-ring (bicyclic) bond motifs is 2. The average Bonchev–Trinajstić information content (AvgIpc) is 3.40. The predicted octanol–water partition coefficient (Wildman–Crippen LogP) is 6.20. The summed E-state index contributed by atoms with van der Waals surface area (Å²) in [6, 6.07) is 20.1. The number of hydrogen-bond donors (Lipinski definition) is 4. The van der Waals surface area contributed by atoms with Gasteiger partial charge < -0.3 is 20.1 Å². The first kappa shape index (κ1) is 55.1. The number of aryl methyl sites for hydroxylation is 2. The Morgan fingerprint density at radius 1 is 0.566 bits per heavy atom. The Balaban J connectivity index is 0.000000221. The molecule has 24 heteroatoms. The van der Waals surface area contributed by atoms with Gasteiger partial charge in [-0.25, -0.2) is 45.6 Å². The van der Waals surface area contributed by atoms with Gasteiger partial charge in [0.05, 0.1) is 70.3 Å². The highest BCUT2D eigenvalue weighted by Crippen LogP contribution is 2.33. The van der Waals surface area contributed by atoms with Crippen molar-refractivity contribution in [1.29, 1.82) is 0 Å². The van der Waals surface area contributed by atoms with E-state index >= 15 is 0 Å². The maximum Gasteiger partial charge on any atom is 0.262 e. The lowest BCUT2D eigenvalue weighted by molar-refractivity contribution is -0.125. The van der Waals surface area contributed by atoms with Gasteiger partial charge in [-0.05, 0) is 109 Å². The van der Waals surface area contributed by atoms with Crippen LogP contribution >= 0.6 is 0 Å². The Kier molecular flexibility index (Phi) is 16.6. The van der Waals surface area contributed by atoms with Crippen LogP contribution in [0.4, 0.5) is 20.2 Å². The molecule has 2 atom stereocenters. The Hall–Kier alpha value is -8.64. The van der Waals surface area contributed by atoms with Gasteiger partial charge in [0.2, 0.25) is 23.6 Å². The van der Waals surface area contributed by atoms with Crippen molar-refractivity contribution < 1.29 is 44.7 Å². The second-order valence-corrected chi connectivity index (χ2v) is 20.9. The number of amides is 2. The lowest BCUT2D eigenvalue weighted by atomic mass is 10.0. The Morgan fingerprint density at radius 3 is 1.29 bits per heavy atom. The van der Waals surface area contributed by atoms with Crippen molar-refractivity contribution >= 4 is 65.0 Å². The minimum Gasteiger partial charge on any atom is -0.480 e. The van der Waals surface area contributed by atoms with Crippen molar-refractivity contribution in [1.82, 2.24) is 39.7 Å². The van der Waals surface area contributed by atoms with Gasteiger partial charge in [0.25, 0.3) is 31.2 Å². The zero-order valence-electron chi connectivity index (χ0n) is 42.3. The van der Waals surface area contributed by atoms with Crippen LogP contribution < -0.4 is 40.7 Å². The van der Waals surface area contributed by atoms with Gasteiger partial charge >= 0.3 is 0 Å². The van der Waals surface area contributed by atoms with E-state index in [2.05, 4.69) is 40.0 Å². The number of carbonyl (C=O) groups excluding carboxylic acids is 2. The second kappa shape index (κ2) is 22.9. The van der Waals surface area contributed by atoms with Crippen LogP contribution in [0.25, 0.3) is 44.1 Å². The first-order valence-electron chi connectivity index (χ1n) is 23.2. The zero-order chi connectivity index (χ0) is 55.2. The smallest absolute Gasteiger partial charge is 0.262 e. The first-order chi connectivity index (χ1) is 36.1. The highest BCUT2D eigenvalue weighted by Gasteiger charge is 2.22. The lowest BCUT2D eigenvalue weighted by Crippen LogP contribution is -2.32. The van der Waals surface area contributed by atoms with Crippen molar-refractivity contribution in [3.05, 3.63) is 153 Å². The van der Waals surface area contributed by atoms with E-state index < -0.39 is 43.5 Å². The SMILES string of the molecule is CNC(=O)[C@@H](C)Cn1cnc2ccc(-c3cnc(OC)c(NS(=O)(=O)c4ccc(F)c(C)c4)c3)cc2c1=O.CNC(=O)[C@H](C)Cn1cnc2ccc(-c3cnc(OC)c(NS(=O)(=O)c4ccc(F)c(C)c4)c3)cc2c1=O. The van der Waals surface area contributed by atoms with Crippen molar-refractivity contribution in [3.63, 3.8) is 0 Å². The molecule has 0 unspecified atom stereocenters. The summed E-state index contributed by atoms with van der Waals surface area (Å²) in [5, 5.41) is 5.78. The molecule has 0 spiro atoms. The molecule has 4 aromatic carbocycles. The summed E-state index contributed by atoms with van der Waals surface area (Å²) in [4.78, 5) is 67.0. The summed E-state index contributed by atoms with van der Waals surface area (Å²) in [6.07, 6.45) is 5.79. The molecule has 0 aliphatic carbocycles. The number of aromatic nitrogens is 6. The molecule has 396 valence electrons. The molecule has 20 nitrogen and oxygen atoms in total. The molecule has 0 aliphatic heterocycles. The Labute approximate surface area is 435 Å². The molecule has 0 radical (unpaired) electrons. The van der Waals surface area contributed by atoms with E-state index in [0.29, 0.717) is 44.1 Å². The molecule has 4 heterocycles. The number of hydrogen-bond acceptors (Lipinski definition) is 14. The van der Waals surface area contributed by atoms with Crippen LogP contribution in [0.5, 0.6) is 11.8 Å². The molecular weight excluding hydrogens is 1030 g/mol. The molecule has 0 aliphatic rings. The predicted molar refractivity (Wildman–Crippen MR) is 282 cm³/mol. The summed E-state index contributed by atoms with van der Waals surface area (Å²) in [5.41, 5.74) is 2.99. The van der Waals surface area contributed by atoms with Crippen LogP contribution in [-0.2, 0) is 42.7 Å². The third-order valence-electron chi connectivity index (χ3n) is 12.1. The minimum atomic E-state index is -4.08. The fourth-order valence-electron chi connectivity index (χ4n) is 7.85. The summed E-state index contributed by atoms with van der Waals surface area (Å²) in [5.74, 6) is -2.23. The van der Waals surface area contributed by atoms with Crippen LogP contribution in [0, 0.1) is 37.3 Å². The number of methoxy groups -OCH3 is 2. The van der Waals surface area contributed by atoms with Crippen molar-refractivity contribution in [2.75, 3.05) is 37.8 Å². The minimum absolute atomic E-state index is 0.0316. The van der Waals surface area contributed by atoms with Crippen molar-refractivity contribution in [3.8, 4) is 34.0 Å². The van der Waals surface area contributed by atoms with Gasteiger partial charge in [-0.15, -0.1) is 0 Å². The molecule has 8 aromatic rings. The zero-order valence-corrected chi connectivity index (χ0v) is 43.9. The first-order valence-corrected chi connectivity index (χ1v) is 26.1. The normalized spacial score (nSPS) is 12.2. The second-order valence-electron chi connectivity index (χ2n) is 17.5. The van der Waals surface area contributed by atoms with Gasteiger partial charge in [-0.1, -0.05) is 26.0 Å². The maximum absolute atomic E-state index is 13.7. The highest BCUT2D eigenvalue weighted by molar-refractivity contribution is 7.93. The average molecular weight is 1080 g/mol. The number of pyridine rings is 2. The van der Waals surface area contributed by atoms with Crippen LogP contribution in [0.3, 0.4) is 0 Å². The lowest BCUT2D eigenvalue weighted by Gasteiger charge is -2.14. The van der Waals surface area contributed by atoms with Crippen molar-refractivity contribution in [2.45, 2.75) is 50.6 Å². The highest BCUT2D eigenvalue weighted by atomic mass is 32.2. The van der Waals surface area contributed by atoms with E-state index in [1.165, 1.54) is 113 Å². The summed E-state index contributed by atoms with van der Waals surface area (Å²) in [7, 11) is -2.40. The maximum atomic E-state index is 13.7. The van der Waals surface area contributed by atoms with Gasteiger partial charge in [0.15, 0.2) is 0 Å². The largest absolute Gasteiger partial charge is 0.480 e. The van der Waals surface area contributed by atoms with Crippen LogP contribution in [-0.4, -0.2) is 86.0 Å². The number of rotatable bonds is 16. The van der Waals surface area contributed by atoms with E-state index in [-0.39, 0.29) is 80.1 Å². The number of ether oxygens (including phenoxy) is 2.